The van der Waals surface area contributed by atoms with Crippen LogP contribution >= 0.6 is 11.3 Å². The van der Waals surface area contributed by atoms with Crippen LogP contribution in [0.15, 0.2) is 60.9 Å². The van der Waals surface area contributed by atoms with Crippen LogP contribution in [0.25, 0.3) is 27.5 Å². The highest BCUT2D eigenvalue weighted by Gasteiger charge is 2.27. The first-order chi connectivity index (χ1) is 27.9. The fourth-order valence-corrected chi connectivity index (χ4v) is 8.80. The number of fused-ring (bicyclic) bond motifs is 1. The van der Waals surface area contributed by atoms with E-state index in [0.717, 1.165) is 129 Å². The Labute approximate surface area is 334 Å². The van der Waals surface area contributed by atoms with E-state index in [1.165, 1.54) is 6.07 Å². The van der Waals surface area contributed by atoms with Gasteiger partial charge in [-0.3, -0.25) is 24.8 Å². The first-order valence-corrected chi connectivity index (χ1v) is 20.6. The molecule has 0 bridgehead atoms. The molecule has 4 saturated heterocycles. The smallest absolute Gasteiger partial charge is 0.226 e. The summed E-state index contributed by atoms with van der Waals surface area (Å²) in [5, 5.41) is 30.9. The number of hydrogen-bond donors (Lipinski definition) is 2. The molecule has 4 aliphatic heterocycles. The SMILES string of the molecule is N#Cc1cnn2c(-c3cc(NC4CCOCC4)c(-c4nnc(N5CCN(CC6CCN(c7cccc(F)c7)CC6)CC5)s4)cn3)ccc2c1.O=C1CCCC(=O)N1. The molecule has 0 atom stereocenters. The number of carbonyl (C=O) groups excluding carboxylic acids is 2. The number of nitrogens with one attached hydrogen (secondary N) is 2. The van der Waals surface area contributed by atoms with Crippen molar-refractivity contribution in [1.82, 2.24) is 35.0 Å². The number of anilines is 3. The molecule has 2 amide bonds. The molecule has 14 nitrogen and oxygen atoms in total. The highest BCUT2D eigenvalue weighted by molar-refractivity contribution is 7.18. The van der Waals surface area contributed by atoms with Crippen LogP contribution in [0.1, 0.15) is 50.5 Å². The summed E-state index contributed by atoms with van der Waals surface area (Å²) in [4.78, 5) is 32.8. The number of hydrogen-bond acceptors (Lipinski definition) is 13. The second kappa shape index (κ2) is 17.7. The van der Waals surface area contributed by atoms with Gasteiger partial charge in [0, 0.05) is 95.5 Å². The predicted octanol–water partition coefficient (Wildman–Crippen LogP) is 5.37. The van der Waals surface area contributed by atoms with Gasteiger partial charge in [-0.1, -0.05) is 17.4 Å². The maximum absolute atomic E-state index is 13.7. The second-order valence-corrected chi connectivity index (χ2v) is 15.9. The number of carbonyl (C=O) groups is 2. The van der Waals surface area contributed by atoms with E-state index in [-0.39, 0.29) is 23.7 Å². The van der Waals surface area contributed by atoms with Crippen LogP contribution in [0.5, 0.6) is 0 Å². The predicted molar refractivity (Wildman–Crippen MR) is 216 cm³/mol. The van der Waals surface area contributed by atoms with Crippen LogP contribution in [0.3, 0.4) is 0 Å². The maximum atomic E-state index is 13.7. The number of pyridine rings is 1. The molecule has 4 aliphatic rings. The van der Waals surface area contributed by atoms with Gasteiger partial charge < -0.3 is 19.9 Å². The summed E-state index contributed by atoms with van der Waals surface area (Å²) in [7, 11) is 0. The molecule has 4 aromatic heterocycles. The summed E-state index contributed by atoms with van der Waals surface area (Å²) in [5.41, 5.74) is 5.91. The molecule has 5 aromatic rings. The second-order valence-electron chi connectivity index (χ2n) is 15.0. The Morgan fingerprint density at radius 2 is 1.70 bits per heavy atom. The van der Waals surface area contributed by atoms with E-state index in [1.807, 2.05) is 35.0 Å². The average Bonchev–Trinajstić information content (AvgIpc) is 3.90. The van der Waals surface area contributed by atoms with Crippen molar-refractivity contribution in [2.24, 2.45) is 5.92 Å². The first-order valence-electron chi connectivity index (χ1n) is 19.8. The van der Waals surface area contributed by atoms with E-state index >= 15 is 0 Å². The summed E-state index contributed by atoms with van der Waals surface area (Å²) in [5.74, 6) is 0.221. The summed E-state index contributed by atoms with van der Waals surface area (Å²) in [6.45, 7) is 8.38. The lowest BCUT2D eigenvalue weighted by Gasteiger charge is -2.39. The standard InChI is InChI=1S/C36H39FN10OS.C5H7NO2/c37-27-2-1-3-29(19-27)45-10-6-25(7-11-45)24-44-12-14-46(15-13-44)36-43-42-35(49-36)31-23-39-33(20-32(31)41-28-8-16-48-17-9-28)34-5-4-30-18-26(21-38)22-40-47(30)34;7-4-2-1-3-5(8)6-4/h1-5,18-20,22-23,25,28H,6-17,24H2,(H,39,41);1-3H2,(H,6,7,8). The molecule has 0 saturated carbocycles. The Morgan fingerprint density at radius 1 is 0.912 bits per heavy atom. The molecule has 2 N–H and O–H groups in total. The molecular formula is C41H46FN11O3S. The van der Waals surface area contributed by atoms with Crippen molar-refractivity contribution in [3.63, 3.8) is 0 Å². The molecule has 0 radical (unpaired) electrons. The van der Waals surface area contributed by atoms with Crippen molar-refractivity contribution in [3.05, 3.63) is 72.3 Å². The maximum Gasteiger partial charge on any atom is 0.226 e. The molecule has 9 rings (SSSR count). The lowest BCUT2D eigenvalue weighted by molar-refractivity contribution is -0.132. The molecule has 0 aliphatic carbocycles. The molecule has 16 heteroatoms. The third kappa shape index (κ3) is 9.39. The summed E-state index contributed by atoms with van der Waals surface area (Å²) in [6, 6.07) is 17.3. The van der Waals surface area contributed by atoms with Gasteiger partial charge in [-0.15, -0.1) is 10.2 Å². The molecule has 8 heterocycles. The zero-order valence-electron chi connectivity index (χ0n) is 31.8. The molecule has 1 aromatic carbocycles. The number of rotatable bonds is 8. The number of aromatic nitrogens is 5. The number of piperidine rings is 2. The van der Waals surface area contributed by atoms with Gasteiger partial charge >= 0.3 is 0 Å². The number of ether oxygens (including phenoxy) is 1. The Morgan fingerprint density at radius 3 is 2.42 bits per heavy atom. The zero-order chi connectivity index (χ0) is 39.1. The fraction of sp³-hybridized carbons (Fsp3) is 0.439. The lowest BCUT2D eigenvalue weighted by atomic mass is 9.95. The average molecular weight is 792 g/mol. The summed E-state index contributed by atoms with van der Waals surface area (Å²) >= 11 is 1.61. The van der Waals surface area contributed by atoms with E-state index < -0.39 is 0 Å². The van der Waals surface area contributed by atoms with E-state index in [9.17, 15) is 19.2 Å². The van der Waals surface area contributed by atoms with E-state index in [4.69, 9.17) is 9.72 Å². The van der Waals surface area contributed by atoms with E-state index in [0.29, 0.717) is 30.7 Å². The van der Waals surface area contributed by atoms with Gasteiger partial charge in [0.15, 0.2) is 5.01 Å². The van der Waals surface area contributed by atoms with Gasteiger partial charge in [0.25, 0.3) is 0 Å². The molecule has 4 fully saturated rings. The van der Waals surface area contributed by atoms with Crippen molar-refractivity contribution in [3.8, 4) is 28.0 Å². The monoisotopic (exact) mass is 791 g/mol. The van der Waals surface area contributed by atoms with Crippen molar-refractivity contribution in [2.45, 2.75) is 51.0 Å². The number of imide groups is 1. The Hall–Kier alpha value is -5.50. The van der Waals surface area contributed by atoms with Crippen molar-refractivity contribution in [2.75, 3.05) is 74.1 Å². The quantitative estimate of drug-likeness (QED) is 0.194. The fourth-order valence-electron chi connectivity index (χ4n) is 7.88. The van der Waals surface area contributed by atoms with Gasteiger partial charge in [-0.25, -0.2) is 8.91 Å². The Balaban J connectivity index is 0.000000509. The van der Waals surface area contributed by atoms with Gasteiger partial charge in [0.05, 0.1) is 34.2 Å². The van der Waals surface area contributed by atoms with Gasteiger partial charge in [0.2, 0.25) is 16.9 Å². The van der Waals surface area contributed by atoms with Crippen LogP contribution in [-0.2, 0) is 14.3 Å². The number of nitriles is 1. The highest BCUT2D eigenvalue weighted by atomic mass is 32.1. The van der Waals surface area contributed by atoms with E-state index in [2.05, 4.69) is 52.8 Å². The van der Waals surface area contributed by atoms with Crippen LogP contribution in [-0.4, -0.2) is 107 Å². The molecule has 0 unspecified atom stereocenters. The molecule has 296 valence electrons. The zero-order valence-corrected chi connectivity index (χ0v) is 32.6. The third-order valence-corrected chi connectivity index (χ3v) is 12.1. The lowest BCUT2D eigenvalue weighted by Crippen LogP contribution is -2.49. The number of amides is 2. The number of nitrogens with zero attached hydrogens (tertiary/aromatic N) is 9. The van der Waals surface area contributed by atoms with Gasteiger partial charge in [-0.2, -0.15) is 10.4 Å². The number of halogens is 1. The minimum Gasteiger partial charge on any atom is -0.381 e. The normalized spacial score (nSPS) is 18.5. The van der Waals surface area contributed by atoms with Gasteiger partial charge in [-0.05, 0) is 80.5 Å². The molecule has 57 heavy (non-hydrogen) atoms. The van der Waals surface area contributed by atoms with Crippen LogP contribution in [0, 0.1) is 23.1 Å². The van der Waals surface area contributed by atoms with Crippen LogP contribution in [0.2, 0.25) is 0 Å². The minimum absolute atomic E-state index is 0.138. The van der Waals surface area contributed by atoms with Crippen LogP contribution in [0.4, 0.5) is 20.9 Å². The number of benzene rings is 1. The van der Waals surface area contributed by atoms with E-state index in [1.54, 1.807) is 29.7 Å². The third-order valence-electron chi connectivity index (χ3n) is 11.1. The summed E-state index contributed by atoms with van der Waals surface area (Å²) in [6.07, 6.45) is 9.32. The van der Waals surface area contributed by atoms with Crippen molar-refractivity contribution >= 4 is 45.2 Å². The van der Waals surface area contributed by atoms with Crippen molar-refractivity contribution < 1.29 is 18.7 Å². The van der Waals surface area contributed by atoms with Crippen LogP contribution < -0.4 is 20.4 Å². The summed E-state index contributed by atoms with van der Waals surface area (Å²) < 4.78 is 21.2. The minimum atomic E-state index is -0.168. The Kier molecular flexibility index (Phi) is 11.9. The Bertz CT molecular complexity index is 2220. The van der Waals surface area contributed by atoms with Gasteiger partial charge in [0.1, 0.15) is 11.9 Å². The molecule has 0 spiro atoms. The molecular weight excluding hydrogens is 746 g/mol. The topological polar surface area (TPSA) is 157 Å². The van der Waals surface area contributed by atoms with Crippen molar-refractivity contribution in [1.29, 1.82) is 5.26 Å². The highest BCUT2D eigenvalue weighted by Crippen LogP contribution is 2.37. The number of piperazine rings is 1. The first kappa shape index (κ1) is 38.4. The largest absolute Gasteiger partial charge is 0.381 e.